The molecule has 0 amide bonds. The molecule has 3 nitrogen and oxygen atoms in total. The van der Waals surface area contributed by atoms with E-state index < -0.39 is 0 Å². The number of ether oxygens (including phenoxy) is 2. The van der Waals surface area contributed by atoms with Crippen LogP contribution in [0.25, 0.3) is 0 Å². The van der Waals surface area contributed by atoms with Gasteiger partial charge in [0.25, 0.3) is 0 Å². The molecule has 0 radical (unpaired) electrons. The van der Waals surface area contributed by atoms with Crippen molar-refractivity contribution in [3.63, 3.8) is 0 Å². The van der Waals surface area contributed by atoms with Crippen molar-refractivity contribution in [2.45, 2.75) is 19.3 Å². The van der Waals surface area contributed by atoms with Crippen LogP contribution in [0.1, 0.15) is 24.8 Å². The Labute approximate surface area is 103 Å². The maximum Gasteiger partial charge on any atom is 0.122 e. The fourth-order valence-corrected chi connectivity index (χ4v) is 2.48. The molecule has 1 aliphatic heterocycles. The average molecular weight is 235 g/mol. The molecule has 1 aromatic carbocycles. The van der Waals surface area contributed by atoms with Gasteiger partial charge in [-0.15, -0.1) is 0 Å². The Morgan fingerprint density at radius 2 is 1.76 bits per heavy atom. The molecular weight excluding hydrogens is 214 g/mol. The van der Waals surface area contributed by atoms with E-state index in [2.05, 4.69) is 24.4 Å². The smallest absolute Gasteiger partial charge is 0.122 e. The quantitative estimate of drug-likeness (QED) is 0.872. The van der Waals surface area contributed by atoms with Gasteiger partial charge >= 0.3 is 0 Å². The zero-order valence-electron chi connectivity index (χ0n) is 10.8. The molecule has 0 saturated carbocycles. The summed E-state index contributed by atoms with van der Waals surface area (Å²) in [6.45, 7) is 4.48. The first-order chi connectivity index (χ1) is 8.24. The third kappa shape index (κ3) is 2.72. The van der Waals surface area contributed by atoms with E-state index in [-0.39, 0.29) is 0 Å². The van der Waals surface area contributed by atoms with Gasteiger partial charge in [0.05, 0.1) is 14.2 Å². The van der Waals surface area contributed by atoms with Crippen LogP contribution in [0.2, 0.25) is 0 Å². The molecule has 2 atom stereocenters. The highest BCUT2D eigenvalue weighted by molar-refractivity contribution is 5.40. The molecule has 17 heavy (non-hydrogen) atoms. The number of methoxy groups -OCH3 is 2. The van der Waals surface area contributed by atoms with Crippen molar-refractivity contribution in [1.82, 2.24) is 5.32 Å². The van der Waals surface area contributed by atoms with Crippen molar-refractivity contribution in [1.29, 1.82) is 0 Å². The summed E-state index contributed by atoms with van der Waals surface area (Å²) in [6.07, 6.45) is 1.23. The van der Waals surface area contributed by atoms with Gasteiger partial charge in [-0.1, -0.05) is 6.92 Å². The van der Waals surface area contributed by atoms with Gasteiger partial charge in [0.2, 0.25) is 0 Å². The van der Waals surface area contributed by atoms with Crippen molar-refractivity contribution in [2.24, 2.45) is 5.92 Å². The van der Waals surface area contributed by atoms with Crippen LogP contribution in [0, 0.1) is 5.92 Å². The van der Waals surface area contributed by atoms with Crippen LogP contribution in [-0.2, 0) is 0 Å². The maximum absolute atomic E-state index is 5.32. The predicted molar refractivity (Wildman–Crippen MR) is 68.9 cm³/mol. The topological polar surface area (TPSA) is 30.5 Å². The summed E-state index contributed by atoms with van der Waals surface area (Å²) in [6, 6.07) is 6.16. The van der Waals surface area contributed by atoms with Crippen molar-refractivity contribution < 1.29 is 9.47 Å². The standard InChI is InChI=1S/C14H21NO2/c1-10-4-5-15-9-14(10)11-6-12(16-2)8-13(7-11)17-3/h6-8,10,14-15H,4-5,9H2,1-3H3. The van der Waals surface area contributed by atoms with Gasteiger partial charge < -0.3 is 14.8 Å². The van der Waals surface area contributed by atoms with E-state index in [9.17, 15) is 0 Å². The fourth-order valence-electron chi connectivity index (χ4n) is 2.48. The van der Waals surface area contributed by atoms with E-state index in [4.69, 9.17) is 9.47 Å². The number of hydrogen-bond acceptors (Lipinski definition) is 3. The van der Waals surface area contributed by atoms with Gasteiger partial charge in [-0.3, -0.25) is 0 Å². The molecule has 1 saturated heterocycles. The van der Waals surface area contributed by atoms with Crippen LogP contribution in [0.5, 0.6) is 11.5 Å². The average Bonchev–Trinajstić information content (AvgIpc) is 2.38. The second-order valence-corrected chi connectivity index (χ2v) is 4.72. The first-order valence-electron chi connectivity index (χ1n) is 6.18. The summed E-state index contributed by atoms with van der Waals surface area (Å²) < 4.78 is 10.6. The minimum Gasteiger partial charge on any atom is -0.497 e. The number of piperidine rings is 1. The number of benzene rings is 1. The Balaban J connectivity index is 2.29. The molecule has 94 valence electrons. The molecule has 1 aromatic rings. The highest BCUT2D eigenvalue weighted by Gasteiger charge is 2.23. The molecule has 0 spiro atoms. The van der Waals surface area contributed by atoms with Crippen molar-refractivity contribution >= 4 is 0 Å². The Morgan fingerprint density at radius 1 is 1.12 bits per heavy atom. The summed E-state index contributed by atoms with van der Waals surface area (Å²) in [5.74, 6) is 3.00. The Hall–Kier alpha value is -1.22. The van der Waals surface area contributed by atoms with Crippen LogP contribution < -0.4 is 14.8 Å². The maximum atomic E-state index is 5.32. The van der Waals surface area contributed by atoms with Gasteiger partial charge in [-0.25, -0.2) is 0 Å². The van der Waals surface area contributed by atoms with Crippen LogP contribution in [0.3, 0.4) is 0 Å². The third-order valence-electron chi connectivity index (χ3n) is 3.63. The lowest BCUT2D eigenvalue weighted by molar-refractivity contribution is 0.343. The normalized spacial score (nSPS) is 24.4. The molecule has 1 fully saturated rings. The first kappa shape index (κ1) is 12.2. The summed E-state index contributed by atoms with van der Waals surface area (Å²) in [4.78, 5) is 0. The highest BCUT2D eigenvalue weighted by Crippen LogP contribution is 2.33. The molecule has 2 rings (SSSR count). The van der Waals surface area contributed by atoms with E-state index in [1.165, 1.54) is 12.0 Å². The minimum absolute atomic E-state index is 0.549. The predicted octanol–water partition coefficient (Wildman–Crippen LogP) is 2.42. The molecule has 3 heteroatoms. The Morgan fingerprint density at radius 3 is 2.29 bits per heavy atom. The summed E-state index contributed by atoms with van der Waals surface area (Å²) in [7, 11) is 3.39. The Kier molecular flexibility index (Phi) is 3.89. The minimum atomic E-state index is 0.549. The molecule has 0 aromatic heterocycles. The summed E-state index contributed by atoms with van der Waals surface area (Å²) >= 11 is 0. The van der Waals surface area contributed by atoms with E-state index in [1.54, 1.807) is 14.2 Å². The molecule has 0 aliphatic carbocycles. The zero-order chi connectivity index (χ0) is 12.3. The third-order valence-corrected chi connectivity index (χ3v) is 3.63. The van der Waals surface area contributed by atoms with Crippen LogP contribution in [-0.4, -0.2) is 27.3 Å². The number of hydrogen-bond donors (Lipinski definition) is 1. The van der Waals surface area contributed by atoms with Gasteiger partial charge in [-0.2, -0.15) is 0 Å². The van der Waals surface area contributed by atoms with E-state index in [1.807, 2.05) is 6.07 Å². The Bertz CT molecular complexity index is 356. The van der Waals surface area contributed by atoms with Gasteiger partial charge in [0, 0.05) is 12.6 Å². The zero-order valence-corrected chi connectivity index (χ0v) is 10.8. The lowest BCUT2D eigenvalue weighted by Gasteiger charge is -2.30. The molecule has 2 unspecified atom stereocenters. The number of nitrogens with one attached hydrogen (secondary N) is 1. The van der Waals surface area contributed by atoms with E-state index in [0.29, 0.717) is 11.8 Å². The number of rotatable bonds is 3. The van der Waals surface area contributed by atoms with Crippen LogP contribution in [0.4, 0.5) is 0 Å². The SMILES string of the molecule is COc1cc(OC)cc(C2CNCCC2C)c1. The molecule has 0 bridgehead atoms. The summed E-state index contributed by atoms with van der Waals surface area (Å²) in [5.41, 5.74) is 1.31. The van der Waals surface area contributed by atoms with E-state index in [0.717, 1.165) is 24.6 Å². The van der Waals surface area contributed by atoms with Crippen LogP contribution >= 0.6 is 0 Å². The van der Waals surface area contributed by atoms with Crippen LogP contribution in [0.15, 0.2) is 18.2 Å². The van der Waals surface area contributed by atoms with Gasteiger partial charge in [-0.05, 0) is 42.5 Å². The fraction of sp³-hybridized carbons (Fsp3) is 0.571. The monoisotopic (exact) mass is 235 g/mol. The van der Waals surface area contributed by atoms with E-state index >= 15 is 0 Å². The lowest BCUT2D eigenvalue weighted by Crippen LogP contribution is -2.33. The summed E-state index contributed by atoms with van der Waals surface area (Å²) in [5, 5.41) is 3.46. The second kappa shape index (κ2) is 5.41. The first-order valence-corrected chi connectivity index (χ1v) is 6.18. The van der Waals surface area contributed by atoms with Gasteiger partial charge in [0.1, 0.15) is 11.5 Å². The molecule has 1 heterocycles. The van der Waals surface area contributed by atoms with Crippen molar-refractivity contribution in [3.8, 4) is 11.5 Å². The van der Waals surface area contributed by atoms with Crippen molar-refractivity contribution in [3.05, 3.63) is 23.8 Å². The molecular formula is C14H21NO2. The second-order valence-electron chi connectivity index (χ2n) is 4.72. The van der Waals surface area contributed by atoms with Gasteiger partial charge in [0.15, 0.2) is 0 Å². The highest BCUT2D eigenvalue weighted by atomic mass is 16.5. The molecule has 1 N–H and O–H groups in total. The van der Waals surface area contributed by atoms with Crippen molar-refractivity contribution in [2.75, 3.05) is 27.3 Å². The molecule has 1 aliphatic rings. The largest absolute Gasteiger partial charge is 0.497 e. The lowest BCUT2D eigenvalue weighted by atomic mass is 9.82.